The van der Waals surface area contributed by atoms with Crippen LogP contribution in [0.15, 0.2) is 60.8 Å². The molecule has 0 fully saturated rings. The first-order valence-electron chi connectivity index (χ1n) is 12.5. The molecule has 0 radical (unpaired) electrons. The number of carbonyl (C=O) groups excluding carboxylic acids is 2. The van der Waals surface area contributed by atoms with Gasteiger partial charge in [0.25, 0.3) is 0 Å². The molecular formula is C28H25ClN6O5. The second-order valence-corrected chi connectivity index (χ2v) is 10.0. The molecule has 2 aromatic carbocycles. The molecule has 204 valence electrons. The van der Waals surface area contributed by atoms with E-state index in [9.17, 15) is 9.59 Å². The lowest BCUT2D eigenvalue weighted by Crippen LogP contribution is -2.55. The number of nitrogens with one attached hydrogen (secondary N) is 2. The molecule has 1 spiro atoms. The van der Waals surface area contributed by atoms with Crippen molar-refractivity contribution in [2.24, 2.45) is 5.92 Å². The number of anilines is 1. The summed E-state index contributed by atoms with van der Waals surface area (Å²) in [4.78, 5) is 35.8. The Labute approximate surface area is 234 Å². The van der Waals surface area contributed by atoms with Gasteiger partial charge in [-0.25, -0.2) is 9.97 Å². The van der Waals surface area contributed by atoms with Crippen LogP contribution in [0.5, 0.6) is 17.2 Å². The van der Waals surface area contributed by atoms with Crippen LogP contribution in [0.2, 0.25) is 5.02 Å². The number of ketones is 2. The van der Waals surface area contributed by atoms with Crippen LogP contribution in [0.3, 0.4) is 0 Å². The number of hydrogen-bond donors (Lipinski definition) is 2. The third-order valence-corrected chi connectivity index (χ3v) is 7.54. The van der Waals surface area contributed by atoms with Gasteiger partial charge in [0.2, 0.25) is 17.2 Å². The van der Waals surface area contributed by atoms with Crippen LogP contribution in [0.4, 0.5) is 5.69 Å². The van der Waals surface area contributed by atoms with Crippen molar-refractivity contribution in [3.63, 3.8) is 0 Å². The summed E-state index contributed by atoms with van der Waals surface area (Å²) in [5, 5.41) is 10.7. The maximum Gasteiger partial charge on any atom is 0.236 e. The van der Waals surface area contributed by atoms with Gasteiger partial charge < -0.3 is 24.1 Å². The molecule has 2 aliphatic rings. The Hall–Kier alpha value is -4.64. The van der Waals surface area contributed by atoms with Crippen LogP contribution >= 0.6 is 11.6 Å². The molecule has 2 atom stereocenters. The fourth-order valence-electron chi connectivity index (χ4n) is 5.15. The van der Waals surface area contributed by atoms with Crippen molar-refractivity contribution in [3.8, 4) is 28.6 Å². The molecule has 3 heterocycles. The Kier molecular flexibility index (Phi) is 6.30. The number of carbonyl (C=O) groups is 2. The van der Waals surface area contributed by atoms with E-state index in [4.69, 9.17) is 25.8 Å². The van der Waals surface area contributed by atoms with Crippen molar-refractivity contribution in [2.45, 2.75) is 25.5 Å². The monoisotopic (exact) mass is 560 g/mol. The summed E-state index contributed by atoms with van der Waals surface area (Å²) >= 11 is 6.46. The van der Waals surface area contributed by atoms with E-state index in [0.29, 0.717) is 36.1 Å². The normalized spacial score (nSPS) is 19.8. The van der Waals surface area contributed by atoms with E-state index < -0.39 is 23.1 Å². The lowest BCUT2D eigenvalue weighted by molar-refractivity contribution is -0.129. The predicted molar refractivity (Wildman–Crippen MR) is 146 cm³/mol. The largest absolute Gasteiger partial charge is 0.496 e. The van der Waals surface area contributed by atoms with Crippen LogP contribution in [-0.4, -0.2) is 56.1 Å². The second-order valence-electron chi connectivity index (χ2n) is 9.65. The minimum atomic E-state index is -1.72. The molecule has 0 saturated carbocycles. The van der Waals surface area contributed by atoms with Gasteiger partial charge in [0.1, 0.15) is 27.9 Å². The van der Waals surface area contributed by atoms with Crippen molar-refractivity contribution in [1.29, 1.82) is 0 Å². The van der Waals surface area contributed by atoms with E-state index in [1.54, 1.807) is 12.5 Å². The number of methoxy groups -OCH3 is 2. The number of aromatic nitrogens is 5. The third-order valence-electron chi connectivity index (χ3n) is 7.18. The maximum absolute atomic E-state index is 13.7. The molecular weight excluding hydrogens is 536 g/mol. The summed E-state index contributed by atoms with van der Waals surface area (Å²) in [7, 11) is 2.88. The third kappa shape index (κ3) is 4.10. The molecule has 2 unspecified atom stereocenters. The van der Waals surface area contributed by atoms with E-state index in [0.717, 1.165) is 11.3 Å². The number of ether oxygens (including phenoxy) is 3. The topological polar surface area (TPSA) is 133 Å². The number of aromatic amines is 1. The summed E-state index contributed by atoms with van der Waals surface area (Å²) in [6.45, 7) is 2.35. The fraction of sp³-hybridized carbons (Fsp3) is 0.250. The number of H-pyrrole nitrogens is 1. The summed E-state index contributed by atoms with van der Waals surface area (Å²) in [6.07, 6.45) is 7.09. The summed E-state index contributed by atoms with van der Waals surface area (Å²) in [6, 6.07) is 9.07. The molecule has 1 aliphatic carbocycles. The Balaban J connectivity index is 1.20. The predicted octanol–water partition coefficient (Wildman–Crippen LogP) is 4.31. The number of benzene rings is 2. The minimum absolute atomic E-state index is 0.101. The zero-order chi connectivity index (χ0) is 28.0. The number of hydrogen-bond acceptors (Lipinski definition) is 9. The SMILES string of the molecule is COc1cc(OC)c2c(c1Cl)OC1(C(=O)C=C(Nc3ccc(-c4n[nH]c(Cn5ccnc5)n4)cc3)CC1C)C2=O. The Morgan fingerprint density at radius 1 is 1.20 bits per heavy atom. The highest BCUT2D eigenvalue weighted by molar-refractivity contribution is 6.36. The van der Waals surface area contributed by atoms with E-state index in [1.807, 2.05) is 42.0 Å². The Morgan fingerprint density at radius 3 is 2.65 bits per heavy atom. The Morgan fingerprint density at radius 2 is 1.98 bits per heavy atom. The molecule has 0 bridgehead atoms. The molecule has 6 rings (SSSR count). The molecule has 12 heteroatoms. The highest BCUT2D eigenvalue weighted by atomic mass is 35.5. The van der Waals surface area contributed by atoms with Gasteiger partial charge in [-0.1, -0.05) is 18.5 Å². The van der Waals surface area contributed by atoms with Crippen LogP contribution in [-0.2, 0) is 11.3 Å². The van der Waals surface area contributed by atoms with Gasteiger partial charge in [0.15, 0.2) is 11.6 Å². The molecule has 2 aromatic heterocycles. The van der Waals surface area contributed by atoms with E-state index >= 15 is 0 Å². The van der Waals surface area contributed by atoms with Crippen LogP contribution in [0.1, 0.15) is 29.5 Å². The average Bonchev–Trinajstić information content (AvgIpc) is 3.70. The van der Waals surface area contributed by atoms with Crippen LogP contribution < -0.4 is 19.5 Å². The van der Waals surface area contributed by atoms with Gasteiger partial charge in [-0.05, 0) is 30.7 Å². The van der Waals surface area contributed by atoms with Crippen LogP contribution in [0.25, 0.3) is 11.4 Å². The Bertz CT molecular complexity index is 1650. The lowest BCUT2D eigenvalue weighted by Gasteiger charge is -2.35. The number of fused-ring (bicyclic) bond motifs is 1. The zero-order valence-electron chi connectivity index (χ0n) is 21.9. The highest BCUT2D eigenvalue weighted by Crippen LogP contribution is 2.53. The zero-order valence-corrected chi connectivity index (χ0v) is 22.7. The van der Waals surface area contributed by atoms with Gasteiger partial charge in [-0.3, -0.25) is 14.7 Å². The summed E-state index contributed by atoms with van der Waals surface area (Å²) in [5.41, 5.74) is 0.703. The fourth-order valence-corrected chi connectivity index (χ4v) is 5.42. The summed E-state index contributed by atoms with van der Waals surface area (Å²) < 4.78 is 18.7. The number of imidazole rings is 1. The number of nitrogens with zero attached hydrogens (tertiary/aromatic N) is 4. The van der Waals surface area contributed by atoms with Gasteiger partial charge >= 0.3 is 0 Å². The number of Topliss-reactive ketones (excluding diaryl/α,β-unsaturated/α-hetero) is 1. The van der Waals surface area contributed by atoms with Gasteiger partial charge in [-0.15, -0.1) is 0 Å². The average molecular weight is 561 g/mol. The van der Waals surface area contributed by atoms with E-state index in [1.165, 1.54) is 26.4 Å². The first kappa shape index (κ1) is 25.6. The first-order chi connectivity index (χ1) is 19.3. The van der Waals surface area contributed by atoms with E-state index in [2.05, 4.69) is 25.5 Å². The van der Waals surface area contributed by atoms with Crippen molar-refractivity contribution in [3.05, 3.63) is 77.2 Å². The lowest BCUT2D eigenvalue weighted by atomic mass is 9.74. The quantitative estimate of drug-likeness (QED) is 0.317. The molecule has 40 heavy (non-hydrogen) atoms. The van der Waals surface area contributed by atoms with Gasteiger partial charge in [0, 0.05) is 47.4 Å². The summed E-state index contributed by atoms with van der Waals surface area (Å²) in [5.74, 6) is 0.503. The second kappa shape index (κ2) is 9.83. The first-order valence-corrected chi connectivity index (χ1v) is 12.9. The highest BCUT2D eigenvalue weighted by Gasteiger charge is 2.60. The van der Waals surface area contributed by atoms with Crippen molar-refractivity contribution in [2.75, 3.05) is 19.5 Å². The van der Waals surface area contributed by atoms with Crippen molar-refractivity contribution in [1.82, 2.24) is 24.7 Å². The van der Waals surface area contributed by atoms with Gasteiger partial charge in [-0.2, -0.15) is 5.10 Å². The smallest absolute Gasteiger partial charge is 0.236 e. The maximum atomic E-state index is 13.7. The molecule has 0 saturated heterocycles. The number of allylic oxidation sites excluding steroid dienone is 1. The van der Waals surface area contributed by atoms with Gasteiger partial charge in [0.05, 0.1) is 27.1 Å². The molecule has 11 nitrogen and oxygen atoms in total. The van der Waals surface area contributed by atoms with Crippen molar-refractivity contribution >= 4 is 28.9 Å². The van der Waals surface area contributed by atoms with E-state index in [-0.39, 0.29) is 22.1 Å². The standard InChI is InChI=1S/C28H25ClN6O5/c1-15-10-18(11-21(36)28(15)26(37)23-19(38-2)12-20(39-3)24(29)25(23)40-28)31-17-6-4-16(5-7-17)27-32-22(33-34-27)13-35-9-8-30-14-35/h4-9,11-12,14-15,31H,10,13H2,1-3H3,(H,32,33,34). The molecule has 1 aliphatic heterocycles. The molecule has 2 N–H and O–H groups in total. The minimum Gasteiger partial charge on any atom is -0.496 e. The van der Waals surface area contributed by atoms with Crippen molar-refractivity contribution < 1.29 is 23.8 Å². The number of halogens is 1. The molecule has 4 aromatic rings. The number of rotatable bonds is 7. The molecule has 0 amide bonds. The van der Waals surface area contributed by atoms with Crippen LogP contribution in [0, 0.1) is 5.92 Å².